The number of alkyl halides is 2. The number of unbranched alkanes of at least 4 members (excludes halogenated alkanes) is 1. The number of nitrogens with one attached hydrogen (secondary N) is 2. The van der Waals surface area contributed by atoms with Crippen LogP contribution in [0.2, 0.25) is 0 Å². The summed E-state index contributed by atoms with van der Waals surface area (Å²) in [4.78, 5) is 15.1. The van der Waals surface area contributed by atoms with Gasteiger partial charge in [0.25, 0.3) is 0 Å². The molecule has 1 aromatic carbocycles. The summed E-state index contributed by atoms with van der Waals surface area (Å²) in [5.41, 5.74) is 1.57. The highest BCUT2D eigenvalue weighted by molar-refractivity contribution is 5.79. The van der Waals surface area contributed by atoms with Crippen LogP contribution >= 0.6 is 0 Å². The number of esters is 1. The number of hydrogen-bond donors (Lipinski definition) is 2. The molecule has 0 radical (unpaired) electrons. The van der Waals surface area contributed by atoms with Crippen molar-refractivity contribution in [3.8, 4) is 5.75 Å². The lowest BCUT2D eigenvalue weighted by Crippen LogP contribution is -2.37. The van der Waals surface area contributed by atoms with Crippen molar-refractivity contribution in [2.45, 2.75) is 39.3 Å². The Morgan fingerprint density at radius 3 is 2.68 bits per heavy atom. The van der Waals surface area contributed by atoms with Crippen LogP contribution < -0.4 is 15.4 Å². The van der Waals surface area contributed by atoms with Gasteiger partial charge in [0.2, 0.25) is 0 Å². The van der Waals surface area contributed by atoms with Gasteiger partial charge in [-0.3, -0.25) is 9.79 Å². The van der Waals surface area contributed by atoms with Crippen LogP contribution in [-0.2, 0) is 16.1 Å². The molecule has 0 fully saturated rings. The van der Waals surface area contributed by atoms with Crippen molar-refractivity contribution in [3.63, 3.8) is 0 Å². The number of ether oxygens (including phenoxy) is 2. The average Bonchev–Trinajstić information content (AvgIpc) is 2.58. The third-order valence-electron chi connectivity index (χ3n) is 3.43. The van der Waals surface area contributed by atoms with Crippen LogP contribution in [0.15, 0.2) is 23.2 Å². The van der Waals surface area contributed by atoms with E-state index in [2.05, 4.69) is 25.1 Å². The van der Waals surface area contributed by atoms with Gasteiger partial charge in [-0.2, -0.15) is 8.78 Å². The van der Waals surface area contributed by atoms with Crippen molar-refractivity contribution in [2.24, 2.45) is 4.99 Å². The molecule has 0 amide bonds. The van der Waals surface area contributed by atoms with Crippen molar-refractivity contribution >= 4 is 11.9 Å². The van der Waals surface area contributed by atoms with E-state index in [1.807, 2.05) is 6.92 Å². The number of benzene rings is 1. The fraction of sp³-hybridized carbons (Fsp3) is 0.529. The third kappa shape index (κ3) is 8.32. The van der Waals surface area contributed by atoms with Crippen molar-refractivity contribution < 1.29 is 23.0 Å². The molecule has 25 heavy (non-hydrogen) atoms. The Kier molecular flexibility index (Phi) is 9.28. The van der Waals surface area contributed by atoms with E-state index in [1.54, 1.807) is 19.2 Å². The molecule has 8 heteroatoms. The summed E-state index contributed by atoms with van der Waals surface area (Å²) < 4.78 is 34.1. The lowest BCUT2D eigenvalue weighted by molar-refractivity contribution is -0.140. The fourth-order valence-corrected chi connectivity index (χ4v) is 2.16. The molecule has 1 rings (SSSR count). The Balaban J connectivity index is 2.46. The van der Waals surface area contributed by atoms with Gasteiger partial charge < -0.3 is 20.1 Å². The molecular formula is C17H25F2N3O3. The number of aryl methyl sites for hydroxylation is 1. The average molecular weight is 357 g/mol. The molecule has 0 aromatic heterocycles. The minimum Gasteiger partial charge on any atom is -0.469 e. The zero-order valence-corrected chi connectivity index (χ0v) is 14.8. The molecule has 2 N–H and O–H groups in total. The second-order valence-corrected chi connectivity index (χ2v) is 5.38. The number of halogens is 2. The number of rotatable bonds is 9. The van der Waals surface area contributed by atoms with Gasteiger partial charge in [0, 0.05) is 32.1 Å². The molecule has 0 saturated carbocycles. The molecular weight excluding hydrogens is 332 g/mol. The van der Waals surface area contributed by atoms with E-state index in [-0.39, 0.29) is 11.7 Å². The molecule has 140 valence electrons. The normalized spacial score (nSPS) is 11.4. The molecule has 0 aliphatic carbocycles. The first-order valence-corrected chi connectivity index (χ1v) is 8.02. The Labute approximate surface area is 146 Å². The van der Waals surface area contributed by atoms with E-state index >= 15 is 0 Å². The second kappa shape index (κ2) is 11.2. The summed E-state index contributed by atoms with van der Waals surface area (Å²) in [6.45, 7) is -0.0609. The standard InChI is InChI=1S/C17H25F2N3O3/c1-12-7-8-14(25-16(18)19)13(10-12)11-22-17(20-2)21-9-5-4-6-15(23)24-3/h7-8,10,16H,4-6,9,11H2,1-3H3,(H2,20,21,22). The summed E-state index contributed by atoms with van der Waals surface area (Å²) in [6, 6.07) is 5.03. The molecule has 0 aliphatic rings. The molecule has 0 heterocycles. The Bertz CT molecular complexity index is 580. The van der Waals surface area contributed by atoms with Crippen LogP contribution in [0.5, 0.6) is 5.75 Å². The second-order valence-electron chi connectivity index (χ2n) is 5.38. The van der Waals surface area contributed by atoms with Gasteiger partial charge in [0.1, 0.15) is 5.75 Å². The van der Waals surface area contributed by atoms with Crippen LogP contribution in [0, 0.1) is 6.92 Å². The smallest absolute Gasteiger partial charge is 0.387 e. The van der Waals surface area contributed by atoms with Gasteiger partial charge in [0.15, 0.2) is 5.96 Å². The highest BCUT2D eigenvalue weighted by atomic mass is 19.3. The molecule has 0 spiro atoms. The predicted molar refractivity (Wildman–Crippen MR) is 91.9 cm³/mol. The number of aliphatic imine (C=N–C) groups is 1. The summed E-state index contributed by atoms with van der Waals surface area (Å²) in [6.07, 6.45) is 1.86. The van der Waals surface area contributed by atoms with Gasteiger partial charge >= 0.3 is 12.6 Å². The van der Waals surface area contributed by atoms with Gasteiger partial charge in [-0.05, 0) is 25.8 Å². The van der Waals surface area contributed by atoms with E-state index in [1.165, 1.54) is 13.2 Å². The largest absolute Gasteiger partial charge is 0.469 e. The van der Waals surface area contributed by atoms with Gasteiger partial charge in [-0.25, -0.2) is 0 Å². The minimum atomic E-state index is -2.87. The maximum Gasteiger partial charge on any atom is 0.387 e. The van der Waals surface area contributed by atoms with Crippen molar-refractivity contribution in [1.29, 1.82) is 0 Å². The van der Waals surface area contributed by atoms with E-state index in [9.17, 15) is 13.6 Å². The predicted octanol–water partition coefficient (Wildman–Crippen LogP) is 2.60. The first kappa shape index (κ1) is 20.7. The maximum absolute atomic E-state index is 12.5. The fourth-order valence-electron chi connectivity index (χ4n) is 2.16. The number of methoxy groups -OCH3 is 1. The molecule has 0 aliphatic heterocycles. The quantitative estimate of drug-likeness (QED) is 0.308. The van der Waals surface area contributed by atoms with E-state index < -0.39 is 6.61 Å². The Hall–Kier alpha value is -2.38. The molecule has 0 saturated heterocycles. The first-order chi connectivity index (χ1) is 12.0. The third-order valence-corrected chi connectivity index (χ3v) is 3.43. The SMILES string of the molecule is CN=C(NCCCCC(=O)OC)NCc1cc(C)ccc1OC(F)F. The lowest BCUT2D eigenvalue weighted by Gasteiger charge is -2.15. The van der Waals surface area contributed by atoms with Gasteiger partial charge in [0.05, 0.1) is 7.11 Å². The number of carbonyl (C=O) groups is 1. The van der Waals surface area contributed by atoms with Crippen molar-refractivity contribution in [3.05, 3.63) is 29.3 Å². The molecule has 0 atom stereocenters. The Morgan fingerprint density at radius 2 is 2.04 bits per heavy atom. The number of carbonyl (C=O) groups excluding carboxylic acids is 1. The van der Waals surface area contributed by atoms with E-state index in [0.29, 0.717) is 37.5 Å². The zero-order valence-electron chi connectivity index (χ0n) is 14.8. The first-order valence-electron chi connectivity index (χ1n) is 8.02. The van der Waals surface area contributed by atoms with Crippen LogP contribution in [0.4, 0.5) is 8.78 Å². The van der Waals surface area contributed by atoms with Gasteiger partial charge in [-0.1, -0.05) is 17.7 Å². The number of nitrogens with zero attached hydrogens (tertiary/aromatic N) is 1. The van der Waals surface area contributed by atoms with E-state index in [4.69, 9.17) is 0 Å². The highest BCUT2D eigenvalue weighted by Crippen LogP contribution is 2.21. The zero-order chi connectivity index (χ0) is 18.7. The summed E-state index contributed by atoms with van der Waals surface area (Å²) in [7, 11) is 2.99. The lowest BCUT2D eigenvalue weighted by atomic mass is 10.1. The summed E-state index contributed by atoms with van der Waals surface area (Å²) in [5, 5.41) is 6.16. The topological polar surface area (TPSA) is 72.0 Å². The van der Waals surface area contributed by atoms with Gasteiger partial charge in [-0.15, -0.1) is 0 Å². The summed E-state index contributed by atoms with van der Waals surface area (Å²) in [5.74, 6) is 0.456. The van der Waals surface area contributed by atoms with E-state index in [0.717, 1.165) is 12.0 Å². The molecule has 0 bridgehead atoms. The van der Waals surface area contributed by atoms with Crippen molar-refractivity contribution in [2.75, 3.05) is 20.7 Å². The highest BCUT2D eigenvalue weighted by Gasteiger charge is 2.10. The van der Waals surface area contributed by atoms with Crippen LogP contribution in [0.25, 0.3) is 0 Å². The number of hydrogen-bond acceptors (Lipinski definition) is 4. The minimum absolute atomic E-state index is 0.140. The van der Waals surface area contributed by atoms with Crippen molar-refractivity contribution in [1.82, 2.24) is 10.6 Å². The van der Waals surface area contributed by atoms with Crippen LogP contribution in [0.1, 0.15) is 30.4 Å². The number of guanidine groups is 1. The maximum atomic E-state index is 12.5. The molecule has 6 nitrogen and oxygen atoms in total. The Morgan fingerprint density at radius 1 is 1.28 bits per heavy atom. The molecule has 0 unspecified atom stereocenters. The summed E-state index contributed by atoms with van der Waals surface area (Å²) >= 11 is 0. The molecule has 1 aromatic rings. The van der Waals surface area contributed by atoms with Crippen LogP contribution in [-0.4, -0.2) is 39.2 Å². The van der Waals surface area contributed by atoms with Crippen LogP contribution in [0.3, 0.4) is 0 Å². The monoisotopic (exact) mass is 357 g/mol.